The van der Waals surface area contributed by atoms with Crippen LogP contribution in [0.25, 0.3) is 0 Å². The summed E-state index contributed by atoms with van der Waals surface area (Å²) in [5, 5.41) is 18.5. The zero-order valence-corrected chi connectivity index (χ0v) is 53.8. The molecule has 0 spiro atoms. The minimum absolute atomic E-state index is 0.0112. The number of carboxylic acid groups (broad SMARTS) is 1. The molecule has 2 saturated carbocycles. The largest absolute Gasteiger partial charge is 0.508 e. The first-order chi connectivity index (χ1) is 43.2. The van der Waals surface area contributed by atoms with Gasteiger partial charge in [-0.15, -0.1) is 0 Å². The Hall–Kier alpha value is -6.87. The van der Waals surface area contributed by atoms with E-state index < -0.39 is 63.3 Å². The van der Waals surface area contributed by atoms with Gasteiger partial charge in [-0.3, -0.25) is 9.59 Å². The van der Waals surface area contributed by atoms with E-state index in [-0.39, 0.29) is 69.2 Å². The van der Waals surface area contributed by atoms with Gasteiger partial charge in [-0.05, 0) is 164 Å². The summed E-state index contributed by atoms with van der Waals surface area (Å²) in [6.45, 7) is 15.9. The summed E-state index contributed by atoms with van der Waals surface area (Å²) in [7, 11) is 1.29. The molecule has 0 unspecified atom stereocenters. The number of esters is 1. The molecule has 3 aromatic heterocycles. The first-order valence-electron chi connectivity index (χ1n) is 29.7. The zero-order valence-electron chi connectivity index (χ0n) is 51.5. The molecule has 5 aromatic rings. The van der Waals surface area contributed by atoms with E-state index in [0.29, 0.717) is 81.8 Å². The van der Waals surface area contributed by atoms with Gasteiger partial charge in [-0.1, -0.05) is 48.7 Å². The van der Waals surface area contributed by atoms with Gasteiger partial charge in [0.25, 0.3) is 0 Å². The average Bonchev–Trinajstić information content (AvgIpc) is 0.824. The monoisotopic (exact) mass is 1360 g/mol. The maximum atomic E-state index is 13.8. The van der Waals surface area contributed by atoms with E-state index in [4.69, 9.17) is 53.8 Å². The lowest BCUT2D eigenvalue weighted by Crippen LogP contribution is -2.43. The maximum Gasteiger partial charge on any atom is 0.421 e. The molecule has 5 heterocycles. The summed E-state index contributed by atoms with van der Waals surface area (Å²) in [6.07, 6.45) is -6.47. The van der Waals surface area contributed by atoms with Crippen molar-refractivity contribution in [1.29, 1.82) is 0 Å². The number of hydrogen-bond acceptors (Lipinski definition) is 14. The number of morpholine rings is 2. The molecular formula is C63H73Cl3F9N7O10. The van der Waals surface area contributed by atoms with Gasteiger partial charge in [-0.25, -0.2) is 19.6 Å². The minimum Gasteiger partial charge on any atom is -0.508 e. The number of amides is 2. The molecule has 4 fully saturated rings. The Balaban J connectivity index is 0.000000215. The lowest BCUT2D eigenvalue weighted by molar-refractivity contribution is -0.139. The Morgan fingerprint density at radius 3 is 1.39 bits per heavy atom. The zero-order chi connectivity index (χ0) is 68.0. The Morgan fingerprint density at radius 1 is 0.565 bits per heavy atom. The highest BCUT2D eigenvalue weighted by molar-refractivity contribution is 6.33. The van der Waals surface area contributed by atoms with E-state index in [0.717, 1.165) is 81.7 Å². The molecule has 2 amide bonds. The number of pyridine rings is 3. The summed E-state index contributed by atoms with van der Waals surface area (Å²) in [5.74, 6) is -1.06. The Labute approximate surface area is 542 Å². The van der Waals surface area contributed by atoms with E-state index in [1.54, 1.807) is 29.7 Å². The van der Waals surface area contributed by atoms with Crippen LogP contribution in [0.15, 0.2) is 72.8 Å². The highest BCUT2D eigenvalue weighted by Crippen LogP contribution is 2.42. The molecule has 2 N–H and O–H groups in total. The number of anilines is 4. The number of aromatic hydroxyl groups is 1. The molecule has 0 radical (unpaired) electrons. The molecule has 2 aliphatic heterocycles. The van der Waals surface area contributed by atoms with Crippen LogP contribution in [-0.4, -0.2) is 121 Å². The number of benzene rings is 2. The van der Waals surface area contributed by atoms with Gasteiger partial charge in [0.05, 0.1) is 67.2 Å². The third-order valence-corrected chi connectivity index (χ3v) is 16.4. The van der Waals surface area contributed by atoms with Crippen LogP contribution in [-0.2, 0) is 42.3 Å². The molecule has 2 aliphatic carbocycles. The molecule has 2 saturated heterocycles. The molecule has 17 nitrogen and oxygen atoms in total. The molecule has 0 atom stereocenters. The molecule has 92 heavy (non-hydrogen) atoms. The standard InChI is InChI=1S/C28H34F3N3O5.C19H27NO4.C10H10ClF3N2O.C6H2Cl2F3N/c1-17(2)34(26(35)19-6-4-18(3)5-7-19)23-10-8-20(16-21(23)27(36)37)39-25-22(28(29,30)31)9-11-24(32-25)33-12-14-38-15-13-33;1-12(2)20(18(22)14-7-5-13(3)6-8-14)17-10-9-15(21)11-16(17)19(23)24-4;11-9-7(10(12,13)14)1-2-8(15-9)16-3-5-17-6-4-16;7-4-2-1-3(5(8)12-4)6(9,10)11/h8-11,16-19H,4-7,12-15H2,1-3H3,(H,36,37);9-14,21H,5-8H2,1-4H3;1-2H,3-6H2;1-2H. The highest BCUT2D eigenvalue weighted by Gasteiger charge is 2.39. The number of hydrogen-bond donors (Lipinski definition) is 2. The molecule has 2 aromatic carbocycles. The van der Waals surface area contributed by atoms with Gasteiger partial charge in [0, 0.05) is 50.1 Å². The lowest BCUT2D eigenvalue weighted by Gasteiger charge is -2.34. The number of nitrogens with zero attached hydrogens (tertiary/aromatic N) is 7. The third kappa shape index (κ3) is 20.3. The number of phenols is 1. The normalized spacial score (nSPS) is 18.7. The van der Waals surface area contributed by atoms with Crippen molar-refractivity contribution in [3.8, 4) is 17.4 Å². The smallest absolute Gasteiger partial charge is 0.421 e. The molecule has 0 bridgehead atoms. The van der Waals surface area contributed by atoms with Crippen molar-refractivity contribution in [2.24, 2.45) is 23.7 Å². The van der Waals surface area contributed by atoms with E-state index in [1.165, 1.54) is 48.4 Å². The van der Waals surface area contributed by atoms with Crippen molar-refractivity contribution < 1.29 is 87.9 Å². The summed E-state index contributed by atoms with van der Waals surface area (Å²) >= 11 is 16.0. The number of carbonyl (C=O) groups excluding carboxylic acids is 3. The summed E-state index contributed by atoms with van der Waals surface area (Å²) in [6, 6.07) is 14.3. The molecular weight excluding hydrogens is 1290 g/mol. The van der Waals surface area contributed by atoms with E-state index >= 15 is 0 Å². The van der Waals surface area contributed by atoms with Crippen molar-refractivity contribution in [1.82, 2.24) is 15.0 Å². The maximum absolute atomic E-state index is 13.8. The molecule has 4 aliphatic rings. The second-order valence-corrected chi connectivity index (χ2v) is 24.1. The molecule has 29 heteroatoms. The van der Waals surface area contributed by atoms with Gasteiger partial charge in [0.2, 0.25) is 17.7 Å². The van der Waals surface area contributed by atoms with Crippen molar-refractivity contribution in [3.63, 3.8) is 0 Å². The number of carboxylic acids is 1. The number of methoxy groups -OCH3 is 1. The van der Waals surface area contributed by atoms with Gasteiger partial charge in [0.1, 0.15) is 44.2 Å². The Kier molecular flexibility index (Phi) is 26.4. The predicted octanol–water partition coefficient (Wildman–Crippen LogP) is 15.7. The van der Waals surface area contributed by atoms with Crippen molar-refractivity contribution in [2.45, 2.75) is 124 Å². The van der Waals surface area contributed by atoms with Crippen LogP contribution in [0.3, 0.4) is 0 Å². The van der Waals surface area contributed by atoms with Crippen LogP contribution in [0.4, 0.5) is 62.5 Å². The number of carbonyl (C=O) groups is 4. The lowest BCUT2D eigenvalue weighted by atomic mass is 9.82. The highest BCUT2D eigenvalue weighted by atomic mass is 35.5. The fraction of sp³-hybridized carbons (Fsp3) is 0.508. The topological polar surface area (TPSA) is 197 Å². The number of aromatic carboxylic acids is 1. The first-order valence-corrected chi connectivity index (χ1v) is 30.8. The van der Waals surface area contributed by atoms with Crippen LogP contribution in [0.1, 0.15) is 130 Å². The number of halogens is 12. The van der Waals surface area contributed by atoms with Crippen LogP contribution in [0.5, 0.6) is 17.4 Å². The Morgan fingerprint density at radius 2 is 0.978 bits per heavy atom. The van der Waals surface area contributed by atoms with Crippen molar-refractivity contribution >= 4 is 81.6 Å². The summed E-state index contributed by atoms with van der Waals surface area (Å²) < 4.78 is 136. The van der Waals surface area contributed by atoms with Crippen LogP contribution < -0.4 is 24.3 Å². The first kappa shape index (κ1) is 74.2. The van der Waals surface area contributed by atoms with Crippen LogP contribution in [0, 0.1) is 23.7 Å². The van der Waals surface area contributed by atoms with Gasteiger partial charge in [-0.2, -0.15) is 44.5 Å². The van der Waals surface area contributed by atoms with E-state index in [2.05, 4.69) is 28.8 Å². The number of rotatable bonds is 12. The fourth-order valence-corrected chi connectivity index (χ4v) is 11.4. The average molecular weight is 1370 g/mol. The second kappa shape index (κ2) is 32.8. The van der Waals surface area contributed by atoms with Gasteiger partial charge in [0.15, 0.2) is 0 Å². The SMILES string of the molecule is CC1CCC(C(=O)N(c2ccc(Oc3nc(N4CCOCC4)ccc3C(F)(F)F)cc2C(=O)O)C(C)C)CC1.COC(=O)c1cc(O)ccc1N(C(=O)C1CCC(C)CC1)C(C)C.FC(F)(F)c1ccc(Cl)nc1Cl.FC(F)(F)c1ccc(N2CCOCC2)nc1Cl. The van der Waals surface area contributed by atoms with E-state index in [1.807, 2.05) is 18.7 Å². The van der Waals surface area contributed by atoms with Gasteiger partial charge < -0.3 is 48.8 Å². The van der Waals surface area contributed by atoms with Crippen molar-refractivity contribution in [3.05, 3.63) is 116 Å². The molecule has 504 valence electrons. The number of phenolic OH excluding ortho intramolecular Hbond substituents is 1. The number of alkyl halides is 9. The third-order valence-electron chi connectivity index (χ3n) is 15.6. The quantitative estimate of drug-likeness (QED) is 0.0679. The number of aromatic nitrogens is 3. The summed E-state index contributed by atoms with van der Waals surface area (Å²) in [4.78, 5) is 68.9. The van der Waals surface area contributed by atoms with Crippen LogP contribution in [0.2, 0.25) is 15.5 Å². The second-order valence-electron chi connectivity index (χ2n) is 23.0. The van der Waals surface area contributed by atoms with E-state index in [9.17, 15) is 68.9 Å². The van der Waals surface area contributed by atoms with Crippen molar-refractivity contribution in [2.75, 3.05) is 79.3 Å². The fourth-order valence-electron chi connectivity index (χ4n) is 10.7. The number of ether oxygens (including phenoxy) is 4. The summed E-state index contributed by atoms with van der Waals surface area (Å²) in [5.41, 5.74) is -2.31. The minimum atomic E-state index is -4.74. The molecule has 9 rings (SSSR count). The van der Waals surface area contributed by atoms with Gasteiger partial charge >= 0.3 is 30.5 Å². The van der Waals surface area contributed by atoms with Crippen LogP contribution >= 0.6 is 34.8 Å². The predicted molar refractivity (Wildman–Crippen MR) is 329 cm³/mol. The Bertz CT molecular complexity index is 3320.